The van der Waals surface area contributed by atoms with Crippen LogP contribution in [0, 0.1) is 5.82 Å². The number of halogens is 2. The van der Waals surface area contributed by atoms with Crippen molar-refractivity contribution in [2.75, 3.05) is 0 Å². The largest absolute Gasteiger partial charge is 0.316 e. The molecule has 0 atom stereocenters. The summed E-state index contributed by atoms with van der Waals surface area (Å²) in [5, 5.41) is 0. The lowest BCUT2D eigenvalue weighted by Crippen LogP contribution is -2.17. The Hall–Kier alpha value is -2.05. The summed E-state index contributed by atoms with van der Waals surface area (Å²) in [6.45, 7) is 4.83. The minimum absolute atomic E-state index is 0.00390. The van der Waals surface area contributed by atoms with Crippen molar-refractivity contribution in [3.8, 4) is 11.3 Å². The van der Waals surface area contributed by atoms with Crippen LogP contribution in [-0.2, 0) is 13.0 Å². The molecular weight excluding hydrogens is 427 g/mol. The Kier molecular flexibility index (Phi) is 6.39. The Morgan fingerprint density at radius 1 is 1.15 bits per heavy atom. The van der Waals surface area contributed by atoms with Gasteiger partial charge >= 0.3 is 0 Å². The predicted molar refractivity (Wildman–Crippen MR) is 111 cm³/mol. The average Bonchev–Trinajstić information content (AvgIpc) is 3.00. The highest BCUT2D eigenvalue weighted by molar-refractivity contribution is 9.10. The first-order valence-corrected chi connectivity index (χ1v) is 10.5. The second kappa shape index (κ2) is 8.76. The Morgan fingerprint density at radius 3 is 2.48 bits per heavy atom. The van der Waals surface area contributed by atoms with E-state index in [1.807, 2.05) is 23.6 Å². The molecule has 0 saturated carbocycles. The van der Waals surface area contributed by atoms with Crippen LogP contribution in [0.1, 0.15) is 35.5 Å². The standard InChI is InChI=1S/C21H20BrFN2OS/c1-3-7-18-19(14-10-12-15(22)13-11-14)25(4-2)21(27-18)24-20(26)16-8-5-6-9-17(16)23/h5-6,8-13H,3-4,7H2,1-2H3. The number of benzene rings is 2. The molecule has 0 aliphatic heterocycles. The van der Waals surface area contributed by atoms with E-state index in [9.17, 15) is 9.18 Å². The Morgan fingerprint density at radius 2 is 1.85 bits per heavy atom. The number of nitrogens with zero attached hydrogens (tertiary/aromatic N) is 2. The van der Waals surface area contributed by atoms with E-state index in [4.69, 9.17) is 0 Å². The molecule has 0 aliphatic rings. The van der Waals surface area contributed by atoms with Gasteiger partial charge in [0.2, 0.25) is 0 Å². The Balaban J connectivity index is 2.16. The summed E-state index contributed by atoms with van der Waals surface area (Å²) in [7, 11) is 0. The van der Waals surface area contributed by atoms with Crippen LogP contribution < -0.4 is 4.80 Å². The lowest BCUT2D eigenvalue weighted by Gasteiger charge is -2.09. The quantitative estimate of drug-likeness (QED) is 0.485. The molecule has 0 saturated heterocycles. The molecule has 3 rings (SSSR count). The smallest absolute Gasteiger partial charge is 0.282 e. The molecule has 0 fully saturated rings. The Bertz CT molecular complexity index is 1020. The van der Waals surface area contributed by atoms with Crippen LogP contribution in [0.5, 0.6) is 0 Å². The van der Waals surface area contributed by atoms with Crippen molar-refractivity contribution in [3.63, 3.8) is 0 Å². The zero-order chi connectivity index (χ0) is 19.4. The summed E-state index contributed by atoms with van der Waals surface area (Å²) in [6, 6.07) is 14.1. The van der Waals surface area contributed by atoms with Crippen LogP contribution in [0.3, 0.4) is 0 Å². The first kappa shape index (κ1) is 19.7. The van der Waals surface area contributed by atoms with Gasteiger partial charge in [-0.25, -0.2) is 4.39 Å². The minimum Gasteiger partial charge on any atom is -0.316 e. The van der Waals surface area contributed by atoms with Crippen LogP contribution in [0.25, 0.3) is 11.3 Å². The van der Waals surface area contributed by atoms with Crippen molar-refractivity contribution < 1.29 is 9.18 Å². The van der Waals surface area contributed by atoms with E-state index in [0.29, 0.717) is 11.3 Å². The lowest BCUT2D eigenvalue weighted by molar-refractivity contribution is 0.0994. The molecule has 0 aliphatic carbocycles. The molecule has 0 radical (unpaired) electrons. The first-order valence-electron chi connectivity index (χ1n) is 8.87. The van der Waals surface area contributed by atoms with Crippen molar-refractivity contribution in [1.82, 2.24) is 4.57 Å². The van der Waals surface area contributed by atoms with E-state index < -0.39 is 11.7 Å². The van der Waals surface area contributed by atoms with Crippen LogP contribution in [-0.4, -0.2) is 10.5 Å². The van der Waals surface area contributed by atoms with Gasteiger partial charge in [0.25, 0.3) is 5.91 Å². The van der Waals surface area contributed by atoms with Gasteiger partial charge in [-0.3, -0.25) is 4.79 Å². The third kappa shape index (κ3) is 4.28. The molecule has 0 unspecified atom stereocenters. The van der Waals surface area contributed by atoms with Crippen molar-refractivity contribution in [3.05, 3.63) is 74.1 Å². The summed E-state index contributed by atoms with van der Waals surface area (Å²) in [5.41, 5.74) is 2.16. The first-order chi connectivity index (χ1) is 13.0. The third-order valence-corrected chi connectivity index (χ3v) is 5.86. The zero-order valence-electron chi connectivity index (χ0n) is 15.2. The van der Waals surface area contributed by atoms with Gasteiger partial charge < -0.3 is 4.57 Å². The van der Waals surface area contributed by atoms with Gasteiger partial charge in [0.05, 0.1) is 11.3 Å². The SMILES string of the molecule is CCCc1sc(=NC(=O)c2ccccc2F)n(CC)c1-c1ccc(Br)cc1. The monoisotopic (exact) mass is 446 g/mol. The van der Waals surface area contributed by atoms with Crippen molar-refractivity contribution in [2.45, 2.75) is 33.2 Å². The molecule has 0 spiro atoms. The number of thiazole rings is 1. The third-order valence-electron chi connectivity index (χ3n) is 4.19. The zero-order valence-corrected chi connectivity index (χ0v) is 17.6. The number of rotatable bonds is 5. The maximum absolute atomic E-state index is 13.9. The van der Waals surface area contributed by atoms with Gasteiger partial charge in [-0.15, -0.1) is 11.3 Å². The second-order valence-corrected chi connectivity index (χ2v) is 8.03. The van der Waals surface area contributed by atoms with Gasteiger partial charge in [0.15, 0.2) is 4.80 Å². The van der Waals surface area contributed by atoms with Gasteiger partial charge in [-0.05, 0) is 43.2 Å². The summed E-state index contributed by atoms with van der Waals surface area (Å²) < 4.78 is 17.0. The maximum Gasteiger partial charge on any atom is 0.282 e. The summed E-state index contributed by atoms with van der Waals surface area (Å²) >= 11 is 4.98. The van der Waals surface area contributed by atoms with E-state index in [2.05, 4.69) is 40.0 Å². The number of hydrogen-bond acceptors (Lipinski definition) is 2. The summed E-state index contributed by atoms with van der Waals surface area (Å²) in [5.74, 6) is -1.10. The number of aryl methyl sites for hydroxylation is 1. The van der Waals surface area contributed by atoms with Gasteiger partial charge in [0, 0.05) is 15.9 Å². The van der Waals surface area contributed by atoms with E-state index in [1.54, 1.807) is 12.1 Å². The predicted octanol–water partition coefficient (Wildman–Crippen LogP) is 5.83. The second-order valence-electron chi connectivity index (χ2n) is 6.05. The summed E-state index contributed by atoms with van der Waals surface area (Å²) in [4.78, 5) is 18.6. The van der Waals surface area contributed by atoms with Crippen LogP contribution in [0.4, 0.5) is 4.39 Å². The molecule has 1 heterocycles. The minimum atomic E-state index is -0.554. The number of aromatic nitrogens is 1. The van der Waals surface area contributed by atoms with Crippen LogP contribution in [0.2, 0.25) is 0 Å². The van der Waals surface area contributed by atoms with Crippen molar-refractivity contribution >= 4 is 33.2 Å². The number of carbonyl (C=O) groups excluding carboxylic acids is 1. The molecule has 0 N–H and O–H groups in total. The fourth-order valence-electron chi connectivity index (χ4n) is 2.94. The fourth-order valence-corrected chi connectivity index (χ4v) is 4.51. The number of carbonyl (C=O) groups is 1. The van der Waals surface area contributed by atoms with Gasteiger partial charge in [-0.1, -0.05) is 53.5 Å². The number of hydrogen-bond donors (Lipinski definition) is 0. The van der Waals surface area contributed by atoms with Crippen molar-refractivity contribution in [2.24, 2.45) is 4.99 Å². The molecule has 1 amide bonds. The molecule has 3 nitrogen and oxygen atoms in total. The molecule has 6 heteroatoms. The molecule has 2 aromatic carbocycles. The summed E-state index contributed by atoms with van der Waals surface area (Å²) in [6.07, 6.45) is 1.90. The van der Waals surface area contributed by atoms with Crippen LogP contribution in [0.15, 0.2) is 58.0 Å². The Labute approximate surface area is 170 Å². The average molecular weight is 447 g/mol. The van der Waals surface area contributed by atoms with E-state index in [0.717, 1.165) is 28.6 Å². The fraction of sp³-hybridized carbons (Fsp3) is 0.238. The normalized spacial score (nSPS) is 11.8. The van der Waals surface area contributed by atoms with E-state index in [1.165, 1.54) is 28.3 Å². The number of amides is 1. The van der Waals surface area contributed by atoms with Crippen LogP contribution >= 0.6 is 27.3 Å². The highest BCUT2D eigenvalue weighted by Crippen LogP contribution is 2.28. The van der Waals surface area contributed by atoms with Crippen molar-refractivity contribution in [1.29, 1.82) is 0 Å². The molecular formula is C21H20BrFN2OS. The van der Waals surface area contributed by atoms with E-state index >= 15 is 0 Å². The van der Waals surface area contributed by atoms with Gasteiger partial charge in [-0.2, -0.15) is 4.99 Å². The highest BCUT2D eigenvalue weighted by Gasteiger charge is 2.16. The molecule has 1 aromatic heterocycles. The molecule has 27 heavy (non-hydrogen) atoms. The lowest BCUT2D eigenvalue weighted by atomic mass is 10.1. The molecule has 3 aromatic rings. The molecule has 140 valence electrons. The highest BCUT2D eigenvalue weighted by atomic mass is 79.9. The maximum atomic E-state index is 13.9. The molecule has 0 bridgehead atoms. The topological polar surface area (TPSA) is 34.4 Å². The van der Waals surface area contributed by atoms with Gasteiger partial charge in [0.1, 0.15) is 5.82 Å². The van der Waals surface area contributed by atoms with E-state index in [-0.39, 0.29) is 5.56 Å².